The van der Waals surface area contributed by atoms with Crippen LogP contribution in [0.15, 0.2) is 42.1 Å². The van der Waals surface area contributed by atoms with Crippen LogP contribution in [0.3, 0.4) is 0 Å². The molecule has 2 heterocycles. The minimum Gasteiger partial charge on any atom is -0.461 e. The van der Waals surface area contributed by atoms with Crippen LogP contribution in [-0.2, 0) is 14.3 Å². The molecule has 2 N–H and O–H groups in total. The molecule has 1 aromatic heterocycles. The molecule has 1 aliphatic rings. The zero-order valence-corrected chi connectivity index (χ0v) is 14.1. The molecule has 0 fully saturated rings. The Kier molecular flexibility index (Phi) is 4.94. The van der Waals surface area contributed by atoms with Gasteiger partial charge < -0.3 is 15.2 Å². The first-order valence-electron chi connectivity index (χ1n) is 8.07. The van der Waals surface area contributed by atoms with Crippen molar-refractivity contribution in [2.75, 3.05) is 25.1 Å². The number of hydrogen-bond donors (Lipinski definition) is 2. The number of aromatic nitrogens is 1. The third-order valence-electron chi connectivity index (χ3n) is 3.79. The van der Waals surface area contributed by atoms with Crippen molar-refractivity contribution in [3.05, 3.63) is 47.8 Å². The van der Waals surface area contributed by atoms with E-state index in [0.717, 1.165) is 10.3 Å². The number of pyridine rings is 1. The minimum atomic E-state index is -0.508. The molecule has 0 aliphatic carbocycles. The summed E-state index contributed by atoms with van der Waals surface area (Å²) in [4.78, 5) is 41.0. The SMILES string of the molecule is CCOC(=O)c1ccc2ccc(NC3=CC(=O)N(CCO)C3=O)cc2n1. The molecule has 2 aromatic rings. The summed E-state index contributed by atoms with van der Waals surface area (Å²) in [6.45, 7) is 1.63. The van der Waals surface area contributed by atoms with E-state index in [2.05, 4.69) is 10.3 Å². The summed E-state index contributed by atoms with van der Waals surface area (Å²) < 4.78 is 4.94. The van der Waals surface area contributed by atoms with Gasteiger partial charge in [-0.3, -0.25) is 14.5 Å². The van der Waals surface area contributed by atoms with Crippen LogP contribution < -0.4 is 5.32 Å². The molecule has 8 heteroatoms. The number of rotatable bonds is 6. The second-order valence-electron chi connectivity index (χ2n) is 5.53. The molecule has 0 unspecified atom stereocenters. The Hall–Kier alpha value is -3.26. The highest BCUT2D eigenvalue weighted by atomic mass is 16.5. The van der Waals surface area contributed by atoms with Gasteiger partial charge in [0.25, 0.3) is 11.8 Å². The number of hydrogen-bond acceptors (Lipinski definition) is 7. The third kappa shape index (κ3) is 3.40. The van der Waals surface area contributed by atoms with E-state index in [1.165, 1.54) is 6.08 Å². The Balaban J connectivity index is 1.85. The zero-order valence-electron chi connectivity index (χ0n) is 14.1. The summed E-state index contributed by atoms with van der Waals surface area (Å²) in [5.74, 6) is -1.49. The van der Waals surface area contributed by atoms with E-state index in [-0.39, 0.29) is 31.1 Å². The molecule has 0 bridgehead atoms. The van der Waals surface area contributed by atoms with Gasteiger partial charge in [-0.25, -0.2) is 9.78 Å². The van der Waals surface area contributed by atoms with Crippen molar-refractivity contribution in [2.45, 2.75) is 6.92 Å². The van der Waals surface area contributed by atoms with Crippen LogP contribution in [0.5, 0.6) is 0 Å². The van der Waals surface area contributed by atoms with Crippen LogP contribution >= 0.6 is 0 Å². The highest BCUT2D eigenvalue weighted by Gasteiger charge is 2.30. The van der Waals surface area contributed by atoms with Gasteiger partial charge in [0.1, 0.15) is 11.4 Å². The first-order valence-corrected chi connectivity index (χ1v) is 8.07. The standard InChI is InChI=1S/C18H17N3O5/c1-2-26-18(25)13-6-4-11-3-5-12(9-14(11)20-13)19-15-10-16(23)21(7-8-22)17(15)24/h3-6,9-10,19,22H,2,7-8H2,1H3. The number of anilines is 1. The lowest BCUT2D eigenvalue weighted by Gasteiger charge is -2.13. The molecule has 0 atom stereocenters. The Labute approximate surface area is 149 Å². The Morgan fingerprint density at radius 2 is 2.04 bits per heavy atom. The fourth-order valence-corrected chi connectivity index (χ4v) is 2.58. The van der Waals surface area contributed by atoms with E-state index in [4.69, 9.17) is 9.84 Å². The fourth-order valence-electron chi connectivity index (χ4n) is 2.58. The average molecular weight is 355 g/mol. The third-order valence-corrected chi connectivity index (χ3v) is 3.79. The molecule has 26 heavy (non-hydrogen) atoms. The number of aliphatic hydroxyl groups is 1. The molecule has 0 saturated carbocycles. The second-order valence-corrected chi connectivity index (χ2v) is 5.53. The summed E-state index contributed by atoms with van der Waals surface area (Å²) >= 11 is 0. The maximum atomic E-state index is 12.2. The van der Waals surface area contributed by atoms with Gasteiger partial charge >= 0.3 is 5.97 Å². The van der Waals surface area contributed by atoms with Crippen LogP contribution in [0.25, 0.3) is 10.9 Å². The molecule has 1 aliphatic heterocycles. The summed E-state index contributed by atoms with van der Waals surface area (Å²) in [7, 11) is 0. The van der Waals surface area contributed by atoms with Crippen molar-refractivity contribution in [1.82, 2.24) is 9.88 Å². The maximum absolute atomic E-state index is 12.2. The van der Waals surface area contributed by atoms with Crippen molar-refractivity contribution in [2.24, 2.45) is 0 Å². The largest absolute Gasteiger partial charge is 0.461 e. The van der Waals surface area contributed by atoms with Crippen molar-refractivity contribution >= 4 is 34.4 Å². The maximum Gasteiger partial charge on any atom is 0.356 e. The molecule has 0 spiro atoms. The van der Waals surface area contributed by atoms with Gasteiger partial charge in [0.15, 0.2) is 0 Å². The quantitative estimate of drug-likeness (QED) is 0.589. The minimum absolute atomic E-state index is 0.0540. The van der Waals surface area contributed by atoms with Crippen molar-refractivity contribution < 1.29 is 24.2 Å². The van der Waals surface area contributed by atoms with Gasteiger partial charge in [0.05, 0.1) is 25.3 Å². The number of amides is 2. The van der Waals surface area contributed by atoms with E-state index in [1.54, 1.807) is 37.3 Å². The summed E-state index contributed by atoms with van der Waals surface area (Å²) in [5.41, 5.74) is 1.40. The molecule has 134 valence electrons. The predicted octanol–water partition coefficient (Wildman–Crippen LogP) is 1.07. The van der Waals surface area contributed by atoms with Gasteiger partial charge in [-0.05, 0) is 25.1 Å². The molecule has 8 nitrogen and oxygen atoms in total. The number of ether oxygens (including phenoxy) is 1. The highest BCUT2D eigenvalue weighted by Crippen LogP contribution is 2.22. The molecular weight excluding hydrogens is 338 g/mol. The molecule has 3 rings (SSSR count). The Morgan fingerprint density at radius 3 is 2.77 bits per heavy atom. The van der Waals surface area contributed by atoms with Crippen LogP contribution in [0.4, 0.5) is 5.69 Å². The summed E-state index contributed by atoms with van der Waals surface area (Å²) in [5, 5.41) is 12.6. The van der Waals surface area contributed by atoms with Gasteiger partial charge in [0.2, 0.25) is 0 Å². The lowest BCUT2D eigenvalue weighted by molar-refractivity contribution is -0.137. The number of β-amino-alcohol motifs (C(OH)–C–C–N with tert-alkyl or cyclic N) is 1. The fraction of sp³-hybridized carbons (Fsp3) is 0.222. The second kappa shape index (κ2) is 7.32. The summed E-state index contributed by atoms with van der Waals surface area (Å²) in [6, 6.07) is 8.53. The van der Waals surface area contributed by atoms with Gasteiger partial charge in [-0.15, -0.1) is 0 Å². The average Bonchev–Trinajstić information content (AvgIpc) is 2.89. The summed E-state index contributed by atoms with van der Waals surface area (Å²) in [6.07, 6.45) is 1.19. The van der Waals surface area contributed by atoms with Crippen molar-refractivity contribution in [3.63, 3.8) is 0 Å². The number of nitrogens with one attached hydrogen (secondary N) is 1. The Bertz CT molecular complexity index is 922. The molecule has 0 radical (unpaired) electrons. The Morgan fingerprint density at radius 1 is 1.27 bits per heavy atom. The first kappa shape index (κ1) is 17.6. The topological polar surface area (TPSA) is 109 Å². The van der Waals surface area contributed by atoms with Crippen molar-refractivity contribution in [3.8, 4) is 0 Å². The number of carbonyl (C=O) groups is 3. The number of fused-ring (bicyclic) bond motifs is 1. The lowest BCUT2D eigenvalue weighted by atomic mass is 10.2. The molecule has 0 saturated heterocycles. The van der Waals surface area contributed by atoms with Gasteiger partial charge in [-0.1, -0.05) is 12.1 Å². The van der Waals surface area contributed by atoms with Crippen molar-refractivity contribution in [1.29, 1.82) is 0 Å². The van der Waals surface area contributed by atoms with E-state index < -0.39 is 17.8 Å². The number of esters is 1. The molecule has 1 aromatic carbocycles. The monoisotopic (exact) mass is 355 g/mol. The predicted molar refractivity (Wildman–Crippen MR) is 93.2 cm³/mol. The van der Waals surface area contributed by atoms with Crippen LogP contribution in [0, 0.1) is 0 Å². The van der Waals surface area contributed by atoms with E-state index in [9.17, 15) is 14.4 Å². The zero-order chi connectivity index (χ0) is 18.7. The van der Waals surface area contributed by atoms with Gasteiger partial charge in [-0.2, -0.15) is 0 Å². The van der Waals surface area contributed by atoms with E-state index in [1.807, 2.05) is 0 Å². The first-order chi connectivity index (χ1) is 12.5. The molecule has 2 amide bonds. The number of benzene rings is 1. The van der Waals surface area contributed by atoms with Crippen LogP contribution in [0.2, 0.25) is 0 Å². The number of carbonyl (C=O) groups excluding carboxylic acids is 3. The number of nitrogens with zero attached hydrogens (tertiary/aromatic N) is 2. The van der Waals surface area contributed by atoms with E-state index >= 15 is 0 Å². The number of imide groups is 1. The van der Waals surface area contributed by atoms with Gasteiger partial charge in [0, 0.05) is 17.1 Å². The highest BCUT2D eigenvalue weighted by molar-refractivity contribution is 6.17. The van der Waals surface area contributed by atoms with Crippen LogP contribution in [-0.4, -0.2) is 52.5 Å². The number of aliphatic hydroxyl groups excluding tert-OH is 1. The lowest BCUT2D eigenvalue weighted by Crippen LogP contribution is -2.34. The smallest absolute Gasteiger partial charge is 0.356 e. The molecular formula is C18H17N3O5. The van der Waals surface area contributed by atoms with E-state index in [0.29, 0.717) is 11.2 Å². The van der Waals surface area contributed by atoms with Crippen LogP contribution in [0.1, 0.15) is 17.4 Å². The normalized spacial score (nSPS) is 13.9.